The van der Waals surface area contributed by atoms with E-state index in [0.717, 1.165) is 18.2 Å². The number of nitro benzene ring substituents is 1. The van der Waals surface area contributed by atoms with E-state index in [4.69, 9.17) is 0 Å². The quantitative estimate of drug-likeness (QED) is 0.637. The Morgan fingerprint density at radius 3 is 2.65 bits per heavy atom. The molecule has 6 nitrogen and oxygen atoms in total. The Balaban J connectivity index is 2.93. The Morgan fingerprint density at radius 2 is 2.15 bits per heavy atom. The van der Waals surface area contributed by atoms with Crippen LogP contribution in [0.25, 0.3) is 0 Å². The molecular weight excluding hydrogens is 267 g/mol. The second-order valence-electron chi connectivity index (χ2n) is 5.11. The summed E-state index contributed by atoms with van der Waals surface area (Å²) in [5.41, 5.74) is -2.00. The molecule has 1 amide bonds. The summed E-state index contributed by atoms with van der Waals surface area (Å²) in [6.07, 6.45) is 0. The zero-order valence-electron chi connectivity index (χ0n) is 11.5. The van der Waals surface area contributed by atoms with E-state index in [9.17, 15) is 24.4 Å². The van der Waals surface area contributed by atoms with Crippen LogP contribution >= 0.6 is 0 Å². The topological polar surface area (TPSA) is 92.5 Å². The first-order valence-corrected chi connectivity index (χ1v) is 6.09. The van der Waals surface area contributed by atoms with Crippen molar-refractivity contribution in [1.82, 2.24) is 5.32 Å². The highest BCUT2D eigenvalue weighted by atomic mass is 19.1. The number of nitrogens with one attached hydrogen (secondary N) is 1. The van der Waals surface area contributed by atoms with Crippen LogP contribution in [0, 0.1) is 21.8 Å². The van der Waals surface area contributed by atoms with Crippen molar-refractivity contribution in [2.75, 3.05) is 6.54 Å². The molecule has 7 heteroatoms. The van der Waals surface area contributed by atoms with Crippen LogP contribution in [0.3, 0.4) is 0 Å². The third-order valence-electron chi connectivity index (χ3n) is 3.25. The first-order valence-electron chi connectivity index (χ1n) is 6.09. The van der Waals surface area contributed by atoms with E-state index in [0.29, 0.717) is 0 Å². The van der Waals surface area contributed by atoms with Crippen LogP contribution < -0.4 is 5.32 Å². The molecule has 0 spiro atoms. The summed E-state index contributed by atoms with van der Waals surface area (Å²) >= 11 is 0. The molecule has 2 N–H and O–H groups in total. The molecule has 0 fully saturated rings. The van der Waals surface area contributed by atoms with Gasteiger partial charge in [0.05, 0.1) is 10.5 Å². The van der Waals surface area contributed by atoms with Crippen molar-refractivity contribution in [2.24, 2.45) is 5.92 Å². The van der Waals surface area contributed by atoms with Gasteiger partial charge < -0.3 is 10.4 Å². The number of aliphatic hydroxyl groups is 1. The molecule has 110 valence electrons. The highest BCUT2D eigenvalue weighted by molar-refractivity contribution is 5.98. The minimum absolute atomic E-state index is 0.0861. The van der Waals surface area contributed by atoms with E-state index in [2.05, 4.69) is 5.32 Å². The molecule has 0 bridgehead atoms. The lowest BCUT2D eigenvalue weighted by Gasteiger charge is -2.27. The lowest BCUT2D eigenvalue weighted by molar-refractivity contribution is -0.385. The summed E-state index contributed by atoms with van der Waals surface area (Å²) in [4.78, 5) is 21.9. The van der Waals surface area contributed by atoms with Gasteiger partial charge in [0.2, 0.25) is 0 Å². The van der Waals surface area contributed by atoms with Gasteiger partial charge in [-0.25, -0.2) is 4.39 Å². The molecule has 20 heavy (non-hydrogen) atoms. The summed E-state index contributed by atoms with van der Waals surface area (Å²) in [7, 11) is 0. The molecule has 1 rings (SSSR count). The maximum Gasteiger partial charge on any atom is 0.282 e. The lowest BCUT2D eigenvalue weighted by Crippen LogP contribution is -2.44. The van der Waals surface area contributed by atoms with Gasteiger partial charge in [0.1, 0.15) is 11.4 Å². The van der Waals surface area contributed by atoms with E-state index in [1.54, 1.807) is 13.8 Å². The van der Waals surface area contributed by atoms with Crippen LogP contribution in [-0.4, -0.2) is 28.1 Å². The zero-order valence-corrected chi connectivity index (χ0v) is 11.5. The number of hydrogen-bond acceptors (Lipinski definition) is 4. The standard InChI is InChI=1S/C13H17FN2O4/c1-8(2)13(3,18)7-15-12(17)10-6-9(14)4-5-11(10)16(19)20/h4-6,8,18H,7H2,1-3H3,(H,15,17). The number of carbonyl (C=O) groups excluding carboxylic acids is 1. The summed E-state index contributed by atoms with van der Waals surface area (Å²) in [6.45, 7) is 5.00. The maximum atomic E-state index is 13.1. The molecule has 1 unspecified atom stereocenters. The molecule has 0 aliphatic rings. The van der Waals surface area contributed by atoms with Gasteiger partial charge >= 0.3 is 0 Å². The average molecular weight is 284 g/mol. The van der Waals surface area contributed by atoms with Crippen molar-refractivity contribution >= 4 is 11.6 Å². The lowest BCUT2D eigenvalue weighted by atomic mass is 9.92. The number of amides is 1. The van der Waals surface area contributed by atoms with Crippen LogP contribution in [0.2, 0.25) is 0 Å². The smallest absolute Gasteiger partial charge is 0.282 e. The summed E-state index contributed by atoms with van der Waals surface area (Å²) in [6, 6.07) is 2.65. The van der Waals surface area contributed by atoms with E-state index in [-0.39, 0.29) is 18.0 Å². The Kier molecular flexibility index (Phi) is 4.78. The van der Waals surface area contributed by atoms with Crippen molar-refractivity contribution in [3.63, 3.8) is 0 Å². The first-order chi connectivity index (χ1) is 9.15. The second kappa shape index (κ2) is 5.96. The van der Waals surface area contributed by atoms with Gasteiger partial charge in [-0.1, -0.05) is 13.8 Å². The molecular formula is C13H17FN2O4. The minimum atomic E-state index is -1.15. The molecule has 1 aromatic rings. The maximum absolute atomic E-state index is 13.1. The molecule has 0 saturated carbocycles. The number of benzene rings is 1. The van der Waals surface area contributed by atoms with Gasteiger partial charge in [-0.05, 0) is 25.0 Å². The molecule has 1 aromatic carbocycles. The predicted octanol–water partition coefficient (Wildman–Crippen LogP) is 1.87. The van der Waals surface area contributed by atoms with Gasteiger partial charge in [-0.2, -0.15) is 0 Å². The number of halogens is 1. The van der Waals surface area contributed by atoms with Crippen molar-refractivity contribution < 1.29 is 19.2 Å². The highest BCUT2D eigenvalue weighted by Gasteiger charge is 2.27. The van der Waals surface area contributed by atoms with Crippen molar-refractivity contribution in [2.45, 2.75) is 26.4 Å². The predicted molar refractivity (Wildman–Crippen MR) is 70.8 cm³/mol. The number of nitro groups is 1. The second-order valence-corrected chi connectivity index (χ2v) is 5.11. The molecule has 0 aromatic heterocycles. The largest absolute Gasteiger partial charge is 0.388 e. The molecule has 0 heterocycles. The van der Waals surface area contributed by atoms with Crippen molar-refractivity contribution in [1.29, 1.82) is 0 Å². The monoisotopic (exact) mass is 284 g/mol. The number of hydrogen-bond donors (Lipinski definition) is 2. The first kappa shape index (κ1) is 16.0. The fraction of sp³-hybridized carbons (Fsp3) is 0.462. The number of rotatable bonds is 5. The van der Waals surface area contributed by atoms with Crippen LogP contribution in [0.5, 0.6) is 0 Å². The van der Waals surface area contributed by atoms with Crippen molar-refractivity contribution in [3.05, 3.63) is 39.7 Å². The van der Waals surface area contributed by atoms with Gasteiger partial charge in [0.15, 0.2) is 0 Å². The summed E-state index contributed by atoms with van der Waals surface area (Å²) in [5.74, 6) is -1.65. The Bertz CT molecular complexity index is 529. The third-order valence-corrected chi connectivity index (χ3v) is 3.25. The highest BCUT2D eigenvalue weighted by Crippen LogP contribution is 2.20. The van der Waals surface area contributed by atoms with Crippen molar-refractivity contribution in [3.8, 4) is 0 Å². The zero-order chi connectivity index (χ0) is 15.5. The fourth-order valence-electron chi connectivity index (χ4n) is 1.41. The van der Waals surface area contributed by atoms with Crippen LogP contribution in [0.1, 0.15) is 31.1 Å². The van der Waals surface area contributed by atoms with E-state index in [1.807, 2.05) is 0 Å². The molecule has 0 aliphatic carbocycles. The van der Waals surface area contributed by atoms with Crippen LogP contribution in [0.4, 0.5) is 10.1 Å². The van der Waals surface area contributed by atoms with Gasteiger partial charge in [-0.3, -0.25) is 14.9 Å². The van der Waals surface area contributed by atoms with E-state index in [1.165, 1.54) is 6.92 Å². The Labute approximate surface area is 115 Å². The Hall–Kier alpha value is -2.02. The summed E-state index contributed by atoms with van der Waals surface area (Å²) < 4.78 is 13.1. The normalized spacial score (nSPS) is 13.9. The molecule has 0 aliphatic heterocycles. The number of nitrogens with zero attached hydrogens (tertiary/aromatic N) is 1. The van der Waals surface area contributed by atoms with E-state index < -0.39 is 27.9 Å². The number of carbonyl (C=O) groups is 1. The van der Waals surface area contributed by atoms with Crippen LogP contribution in [0.15, 0.2) is 18.2 Å². The SMILES string of the molecule is CC(C)C(C)(O)CNC(=O)c1cc(F)ccc1[N+](=O)[O-]. The van der Waals surface area contributed by atoms with Gasteiger partial charge in [-0.15, -0.1) is 0 Å². The fourth-order valence-corrected chi connectivity index (χ4v) is 1.41. The average Bonchev–Trinajstić information content (AvgIpc) is 2.35. The van der Waals surface area contributed by atoms with Crippen LogP contribution in [-0.2, 0) is 0 Å². The van der Waals surface area contributed by atoms with Gasteiger partial charge in [0.25, 0.3) is 11.6 Å². The summed E-state index contributed by atoms with van der Waals surface area (Å²) in [5, 5.41) is 23.2. The third kappa shape index (κ3) is 3.74. The molecule has 0 saturated heterocycles. The van der Waals surface area contributed by atoms with E-state index >= 15 is 0 Å². The molecule has 1 atom stereocenters. The minimum Gasteiger partial charge on any atom is -0.388 e. The molecule has 0 radical (unpaired) electrons. The van der Waals surface area contributed by atoms with Gasteiger partial charge in [0, 0.05) is 12.6 Å². The Morgan fingerprint density at radius 1 is 1.55 bits per heavy atom.